The number of methoxy groups -OCH3 is 1. The number of hydrogen-bond donors (Lipinski definition) is 3. The fourth-order valence-electron chi connectivity index (χ4n) is 2.27. The van der Waals surface area contributed by atoms with Gasteiger partial charge in [0.1, 0.15) is 5.76 Å². The average molecular weight is 326 g/mol. The molecule has 24 heavy (non-hydrogen) atoms. The molecule has 0 unspecified atom stereocenters. The molecule has 0 saturated carbocycles. The van der Waals surface area contributed by atoms with Crippen molar-refractivity contribution in [1.29, 1.82) is 0 Å². The third-order valence-electron chi connectivity index (χ3n) is 3.51. The molecule has 6 heteroatoms. The zero-order valence-corrected chi connectivity index (χ0v) is 12.7. The van der Waals surface area contributed by atoms with Crippen molar-refractivity contribution in [3.8, 4) is 23.0 Å². The second-order valence-corrected chi connectivity index (χ2v) is 5.13. The van der Waals surface area contributed by atoms with Crippen molar-refractivity contribution in [1.82, 2.24) is 0 Å². The fourth-order valence-corrected chi connectivity index (χ4v) is 2.27. The molecule has 6 nitrogen and oxygen atoms in total. The lowest BCUT2D eigenvalue weighted by molar-refractivity contribution is -0.130. The maximum absolute atomic E-state index is 12.0. The fraction of sp³-hybridized carbons (Fsp3) is 0.0556. The molecule has 0 atom stereocenters. The molecule has 0 spiro atoms. The molecule has 3 rings (SSSR count). The molecule has 0 amide bonds. The molecule has 0 aliphatic carbocycles. The van der Waals surface area contributed by atoms with Crippen LogP contribution >= 0.6 is 0 Å². The van der Waals surface area contributed by atoms with Gasteiger partial charge in [0.15, 0.2) is 23.0 Å². The molecule has 0 saturated heterocycles. The van der Waals surface area contributed by atoms with Crippen LogP contribution in [0.1, 0.15) is 11.1 Å². The SMILES string of the molecule is COc1cc(C2=C/C(=C\c3ccc(O)c(O)c3)C(=O)O2)ccc1O. The molecular formula is C18H14O6. The predicted octanol–water partition coefficient (Wildman–Crippen LogP) is 2.79. The number of cyclic esters (lactones) is 1. The Bertz CT molecular complexity index is 879. The van der Waals surface area contributed by atoms with E-state index in [4.69, 9.17) is 9.47 Å². The van der Waals surface area contributed by atoms with Gasteiger partial charge in [0, 0.05) is 5.56 Å². The minimum atomic E-state index is -0.537. The van der Waals surface area contributed by atoms with Crippen molar-refractivity contribution in [2.75, 3.05) is 7.11 Å². The van der Waals surface area contributed by atoms with E-state index in [1.165, 1.54) is 31.4 Å². The largest absolute Gasteiger partial charge is 0.504 e. The molecule has 122 valence electrons. The first kappa shape index (κ1) is 15.5. The van der Waals surface area contributed by atoms with Crippen LogP contribution in [0.3, 0.4) is 0 Å². The Morgan fingerprint density at radius 2 is 1.75 bits per heavy atom. The summed E-state index contributed by atoms with van der Waals surface area (Å²) < 4.78 is 10.3. The first-order valence-electron chi connectivity index (χ1n) is 7.03. The van der Waals surface area contributed by atoms with Gasteiger partial charge >= 0.3 is 5.97 Å². The van der Waals surface area contributed by atoms with E-state index in [0.29, 0.717) is 22.5 Å². The third-order valence-corrected chi connectivity index (χ3v) is 3.51. The van der Waals surface area contributed by atoms with Crippen molar-refractivity contribution in [3.05, 3.63) is 59.2 Å². The predicted molar refractivity (Wildman–Crippen MR) is 86.5 cm³/mol. The zero-order valence-electron chi connectivity index (χ0n) is 12.7. The molecule has 1 heterocycles. The van der Waals surface area contributed by atoms with Crippen LogP contribution in [-0.4, -0.2) is 28.4 Å². The zero-order chi connectivity index (χ0) is 17.3. The van der Waals surface area contributed by atoms with Gasteiger partial charge in [-0.2, -0.15) is 0 Å². The monoisotopic (exact) mass is 326 g/mol. The lowest BCUT2D eigenvalue weighted by atomic mass is 10.1. The van der Waals surface area contributed by atoms with Crippen LogP contribution in [-0.2, 0) is 9.53 Å². The summed E-state index contributed by atoms with van der Waals surface area (Å²) in [5.41, 5.74) is 1.41. The van der Waals surface area contributed by atoms with Crippen molar-refractivity contribution in [2.24, 2.45) is 0 Å². The molecule has 2 aromatic carbocycles. The smallest absolute Gasteiger partial charge is 0.343 e. The summed E-state index contributed by atoms with van der Waals surface area (Å²) in [5.74, 6) is -0.467. The summed E-state index contributed by atoms with van der Waals surface area (Å²) in [6.07, 6.45) is 3.09. The number of benzene rings is 2. The van der Waals surface area contributed by atoms with Crippen LogP contribution in [0.5, 0.6) is 23.0 Å². The molecule has 0 radical (unpaired) electrons. The van der Waals surface area contributed by atoms with E-state index in [-0.39, 0.29) is 23.0 Å². The van der Waals surface area contributed by atoms with E-state index in [0.717, 1.165) is 0 Å². The Morgan fingerprint density at radius 3 is 2.46 bits per heavy atom. The van der Waals surface area contributed by atoms with E-state index in [9.17, 15) is 20.1 Å². The molecule has 2 aromatic rings. The minimum Gasteiger partial charge on any atom is -0.504 e. The summed E-state index contributed by atoms with van der Waals surface area (Å²) in [4.78, 5) is 12.0. The van der Waals surface area contributed by atoms with Crippen LogP contribution in [0, 0.1) is 0 Å². The Hall–Kier alpha value is -3.41. The lowest BCUT2D eigenvalue weighted by Crippen LogP contribution is -1.97. The van der Waals surface area contributed by atoms with Crippen LogP contribution in [0.25, 0.3) is 11.8 Å². The molecule has 0 bridgehead atoms. The van der Waals surface area contributed by atoms with Crippen molar-refractivity contribution in [2.45, 2.75) is 0 Å². The number of phenols is 3. The number of carbonyl (C=O) groups is 1. The van der Waals surface area contributed by atoms with Gasteiger partial charge in [-0.05, 0) is 48.0 Å². The van der Waals surface area contributed by atoms with Gasteiger partial charge in [-0.25, -0.2) is 4.79 Å². The molecule has 1 aliphatic rings. The molecular weight excluding hydrogens is 312 g/mol. The van der Waals surface area contributed by atoms with Crippen molar-refractivity contribution < 1.29 is 29.6 Å². The van der Waals surface area contributed by atoms with E-state index in [2.05, 4.69) is 0 Å². The second-order valence-electron chi connectivity index (χ2n) is 5.13. The molecule has 3 N–H and O–H groups in total. The Morgan fingerprint density at radius 1 is 1.00 bits per heavy atom. The van der Waals surface area contributed by atoms with Gasteiger partial charge in [0.25, 0.3) is 0 Å². The van der Waals surface area contributed by atoms with Gasteiger partial charge in [0.05, 0.1) is 12.7 Å². The first-order valence-corrected chi connectivity index (χ1v) is 7.03. The topological polar surface area (TPSA) is 96.2 Å². The van der Waals surface area contributed by atoms with Crippen LogP contribution in [0.4, 0.5) is 0 Å². The van der Waals surface area contributed by atoms with E-state index in [1.807, 2.05) is 0 Å². The van der Waals surface area contributed by atoms with Gasteiger partial charge < -0.3 is 24.8 Å². The maximum atomic E-state index is 12.0. The van der Waals surface area contributed by atoms with E-state index >= 15 is 0 Å². The van der Waals surface area contributed by atoms with E-state index in [1.54, 1.807) is 24.3 Å². The lowest BCUT2D eigenvalue weighted by Gasteiger charge is -2.06. The molecule has 1 aliphatic heterocycles. The Kier molecular flexibility index (Phi) is 3.87. The summed E-state index contributed by atoms with van der Waals surface area (Å²) in [6, 6.07) is 8.84. The number of carbonyl (C=O) groups excluding carboxylic acids is 1. The summed E-state index contributed by atoms with van der Waals surface area (Å²) in [6.45, 7) is 0. The summed E-state index contributed by atoms with van der Waals surface area (Å²) >= 11 is 0. The normalized spacial score (nSPS) is 15.3. The van der Waals surface area contributed by atoms with Crippen molar-refractivity contribution >= 4 is 17.8 Å². The van der Waals surface area contributed by atoms with Gasteiger partial charge in [-0.3, -0.25) is 0 Å². The Labute approximate surface area is 137 Å². The highest BCUT2D eigenvalue weighted by Gasteiger charge is 2.22. The van der Waals surface area contributed by atoms with Gasteiger partial charge in [0.2, 0.25) is 0 Å². The highest BCUT2D eigenvalue weighted by atomic mass is 16.5. The van der Waals surface area contributed by atoms with E-state index < -0.39 is 5.97 Å². The van der Waals surface area contributed by atoms with Crippen LogP contribution in [0.2, 0.25) is 0 Å². The Balaban J connectivity index is 1.95. The standard InChI is InChI=1S/C18H14O6/c1-23-17-8-11(3-5-14(17)20)16-9-12(18(22)24-16)6-10-2-4-13(19)15(21)7-10/h2-9,19-21H,1H3/b12-6+. The average Bonchev–Trinajstić information content (AvgIpc) is 2.92. The minimum absolute atomic E-state index is 0.0125. The van der Waals surface area contributed by atoms with Crippen LogP contribution < -0.4 is 4.74 Å². The van der Waals surface area contributed by atoms with Gasteiger partial charge in [-0.1, -0.05) is 6.07 Å². The highest BCUT2D eigenvalue weighted by Crippen LogP contribution is 2.34. The molecule has 0 fully saturated rings. The quantitative estimate of drug-likeness (QED) is 0.456. The second kappa shape index (κ2) is 6.00. The number of rotatable bonds is 3. The van der Waals surface area contributed by atoms with Crippen LogP contribution in [0.15, 0.2) is 48.0 Å². The third kappa shape index (κ3) is 2.89. The number of esters is 1. The number of aromatic hydroxyl groups is 3. The number of ether oxygens (including phenoxy) is 2. The number of hydrogen-bond acceptors (Lipinski definition) is 6. The summed E-state index contributed by atoms with van der Waals surface area (Å²) in [7, 11) is 1.43. The summed E-state index contributed by atoms with van der Waals surface area (Å²) in [5, 5.41) is 28.4. The molecule has 0 aromatic heterocycles. The maximum Gasteiger partial charge on any atom is 0.343 e. The first-order chi connectivity index (χ1) is 11.5. The van der Waals surface area contributed by atoms with Crippen molar-refractivity contribution in [3.63, 3.8) is 0 Å². The highest BCUT2D eigenvalue weighted by molar-refractivity contribution is 6.05. The van der Waals surface area contributed by atoms with Gasteiger partial charge in [-0.15, -0.1) is 0 Å². The number of phenolic OH excluding ortho intramolecular Hbond substituents is 3.